The monoisotopic (exact) mass is 240 g/mol. The molecule has 0 amide bonds. The molecule has 4 atom stereocenters. The van der Waals surface area contributed by atoms with Crippen LogP contribution in [0.15, 0.2) is 0 Å². The van der Waals surface area contributed by atoms with Crippen LogP contribution in [0.3, 0.4) is 0 Å². The predicted molar refractivity (Wildman–Crippen MR) is 47.8 cm³/mol. The third kappa shape index (κ3) is 4.41. The molecule has 0 spiro atoms. The van der Waals surface area contributed by atoms with Gasteiger partial charge in [-0.2, -0.15) is 0 Å². The van der Waals surface area contributed by atoms with E-state index in [1.807, 2.05) is 0 Å². The second kappa shape index (κ2) is 6.76. The molecule has 0 aromatic rings. The normalized spacial score (nSPS) is 18.6. The molecule has 0 saturated heterocycles. The number of hydrogen-bond donors (Lipinski definition) is 7. The van der Waals surface area contributed by atoms with Gasteiger partial charge in [0.1, 0.15) is 18.3 Å². The zero-order valence-corrected chi connectivity index (χ0v) is 8.04. The average molecular weight is 240 g/mol. The first-order valence-corrected chi connectivity index (χ1v) is 4.20. The van der Waals surface area contributed by atoms with Gasteiger partial charge in [-0.15, -0.1) is 0 Å². The number of carboxylic acid groups (broad SMARTS) is 1. The Morgan fingerprint density at radius 3 is 2.00 bits per heavy atom. The lowest BCUT2D eigenvalue weighted by atomic mass is 10.0. The summed E-state index contributed by atoms with van der Waals surface area (Å²) >= 11 is 0. The van der Waals surface area contributed by atoms with Gasteiger partial charge in [0.15, 0.2) is 6.10 Å². The van der Waals surface area contributed by atoms with Crippen LogP contribution in [0.4, 0.5) is 0 Å². The standard InChI is InChI=1S/C6H13BO9/c8-1-2(9)3(10)4(11)5(6(12)13)16-7(14)15/h2-5,8-11,14-15H,1H2,(H,12,13)/t2-,3-,4+,5-/m1/s1. The van der Waals surface area contributed by atoms with Crippen molar-refractivity contribution >= 4 is 13.3 Å². The minimum atomic E-state index is -2.46. The van der Waals surface area contributed by atoms with Gasteiger partial charge in [0, 0.05) is 0 Å². The number of carboxylic acids is 1. The molecule has 94 valence electrons. The fourth-order valence-corrected chi connectivity index (χ4v) is 0.931. The number of rotatable bonds is 7. The van der Waals surface area contributed by atoms with Crippen LogP contribution in [0.5, 0.6) is 0 Å². The fraction of sp³-hybridized carbons (Fsp3) is 0.833. The fourth-order valence-electron chi connectivity index (χ4n) is 0.931. The van der Waals surface area contributed by atoms with Crippen molar-refractivity contribution in [3.8, 4) is 0 Å². The van der Waals surface area contributed by atoms with Gasteiger partial charge in [-0.3, -0.25) is 0 Å². The maximum Gasteiger partial charge on any atom is 0.634 e. The number of carbonyl (C=O) groups is 1. The molecule has 0 heterocycles. The van der Waals surface area contributed by atoms with Crippen LogP contribution in [-0.4, -0.2) is 79.9 Å². The van der Waals surface area contributed by atoms with Crippen LogP contribution in [-0.2, 0) is 9.45 Å². The van der Waals surface area contributed by atoms with Crippen LogP contribution in [0.1, 0.15) is 0 Å². The summed E-state index contributed by atoms with van der Waals surface area (Å²) in [6.45, 7) is -0.910. The summed E-state index contributed by atoms with van der Waals surface area (Å²) in [6.07, 6.45) is -8.08. The van der Waals surface area contributed by atoms with Gasteiger partial charge in [0.05, 0.1) is 6.61 Å². The van der Waals surface area contributed by atoms with Crippen LogP contribution >= 0.6 is 0 Å². The first-order chi connectivity index (χ1) is 7.31. The number of hydrogen-bond acceptors (Lipinski definition) is 8. The number of aliphatic carboxylic acids is 1. The largest absolute Gasteiger partial charge is 0.634 e. The lowest BCUT2D eigenvalue weighted by molar-refractivity contribution is -0.164. The van der Waals surface area contributed by atoms with Gasteiger partial charge in [0.25, 0.3) is 0 Å². The first-order valence-electron chi connectivity index (χ1n) is 4.20. The third-order valence-corrected chi connectivity index (χ3v) is 1.75. The highest BCUT2D eigenvalue weighted by Crippen LogP contribution is 2.09. The molecule has 0 aliphatic heterocycles. The second-order valence-corrected chi connectivity index (χ2v) is 2.95. The predicted octanol–water partition coefficient (Wildman–Crippen LogP) is -4.50. The van der Waals surface area contributed by atoms with Crippen LogP contribution < -0.4 is 0 Å². The molecular weight excluding hydrogens is 227 g/mol. The molecule has 16 heavy (non-hydrogen) atoms. The van der Waals surface area contributed by atoms with E-state index in [-0.39, 0.29) is 0 Å². The minimum absolute atomic E-state index is 0.910. The van der Waals surface area contributed by atoms with Crippen molar-refractivity contribution in [2.24, 2.45) is 0 Å². The maximum absolute atomic E-state index is 10.5. The van der Waals surface area contributed by atoms with E-state index in [0.29, 0.717) is 0 Å². The van der Waals surface area contributed by atoms with E-state index in [1.165, 1.54) is 0 Å². The van der Waals surface area contributed by atoms with Gasteiger partial charge < -0.3 is 40.2 Å². The molecule has 9 nitrogen and oxygen atoms in total. The van der Waals surface area contributed by atoms with E-state index < -0.39 is 44.3 Å². The lowest BCUT2D eigenvalue weighted by Crippen LogP contribution is -2.51. The van der Waals surface area contributed by atoms with Gasteiger partial charge in [-0.25, -0.2) is 4.79 Å². The Morgan fingerprint density at radius 1 is 1.19 bits per heavy atom. The van der Waals surface area contributed by atoms with Gasteiger partial charge in [-0.05, 0) is 0 Å². The highest BCUT2D eigenvalue weighted by Gasteiger charge is 2.38. The zero-order valence-electron chi connectivity index (χ0n) is 8.04. The summed E-state index contributed by atoms with van der Waals surface area (Å²) in [4.78, 5) is 10.5. The first kappa shape index (κ1) is 15.3. The van der Waals surface area contributed by atoms with Gasteiger partial charge in [-0.1, -0.05) is 0 Å². The van der Waals surface area contributed by atoms with Crippen molar-refractivity contribution in [1.29, 1.82) is 0 Å². The number of aliphatic hydroxyl groups is 4. The van der Waals surface area contributed by atoms with Crippen molar-refractivity contribution in [2.75, 3.05) is 6.61 Å². The number of aliphatic hydroxyl groups excluding tert-OH is 4. The zero-order chi connectivity index (χ0) is 12.9. The summed E-state index contributed by atoms with van der Waals surface area (Å²) in [6, 6.07) is 0. The van der Waals surface area contributed by atoms with Crippen molar-refractivity contribution in [3.63, 3.8) is 0 Å². The molecule has 7 N–H and O–H groups in total. The van der Waals surface area contributed by atoms with Crippen molar-refractivity contribution in [2.45, 2.75) is 24.4 Å². The summed E-state index contributed by atoms with van der Waals surface area (Å²) < 4.78 is 4.00. The Bertz CT molecular complexity index is 222. The smallest absolute Gasteiger partial charge is 0.479 e. The van der Waals surface area contributed by atoms with E-state index in [0.717, 1.165) is 0 Å². The molecule has 0 aliphatic carbocycles. The van der Waals surface area contributed by atoms with Crippen LogP contribution in [0.2, 0.25) is 0 Å². The highest BCUT2D eigenvalue weighted by molar-refractivity contribution is 6.33. The minimum Gasteiger partial charge on any atom is -0.479 e. The average Bonchev–Trinajstić information content (AvgIpc) is 2.22. The Labute approximate surface area is 90.3 Å². The van der Waals surface area contributed by atoms with E-state index in [9.17, 15) is 9.90 Å². The van der Waals surface area contributed by atoms with Gasteiger partial charge >= 0.3 is 13.3 Å². The summed E-state index contributed by atoms with van der Waals surface area (Å²) in [5, 5.41) is 61.0. The summed E-state index contributed by atoms with van der Waals surface area (Å²) in [5.41, 5.74) is 0. The Morgan fingerprint density at radius 2 is 1.69 bits per heavy atom. The summed E-state index contributed by atoms with van der Waals surface area (Å²) in [5.74, 6) is -1.77. The lowest BCUT2D eigenvalue weighted by Gasteiger charge is -2.26. The Balaban J connectivity index is 4.60. The molecule has 0 rings (SSSR count). The molecule has 0 radical (unpaired) electrons. The SMILES string of the molecule is O=C(O)[C@H](OB(O)O)[C@@H](O)[C@H](O)[C@H](O)CO. The second-order valence-electron chi connectivity index (χ2n) is 2.95. The van der Waals surface area contributed by atoms with Crippen LogP contribution in [0, 0.1) is 0 Å². The topological polar surface area (TPSA) is 168 Å². The molecule has 10 heteroatoms. The molecular formula is C6H13BO9. The molecule has 0 fully saturated rings. The van der Waals surface area contributed by atoms with E-state index in [4.69, 9.17) is 30.5 Å². The van der Waals surface area contributed by atoms with E-state index in [1.54, 1.807) is 0 Å². The highest BCUT2D eigenvalue weighted by atomic mass is 16.6. The van der Waals surface area contributed by atoms with Crippen molar-refractivity contribution in [3.05, 3.63) is 0 Å². The molecule has 0 unspecified atom stereocenters. The third-order valence-electron chi connectivity index (χ3n) is 1.75. The summed E-state index contributed by atoms with van der Waals surface area (Å²) in [7, 11) is -2.46. The van der Waals surface area contributed by atoms with Crippen molar-refractivity contribution < 1.29 is 45.0 Å². The molecule has 0 aromatic carbocycles. The molecule has 0 bridgehead atoms. The van der Waals surface area contributed by atoms with E-state index in [2.05, 4.69) is 4.65 Å². The molecule has 0 aliphatic rings. The molecule has 0 saturated carbocycles. The Kier molecular flexibility index (Phi) is 6.44. The van der Waals surface area contributed by atoms with Gasteiger partial charge in [0.2, 0.25) is 0 Å². The molecule has 0 aromatic heterocycles. The van der Waals surface area contributed by atoms with Crippen molar-refractivity contribution in [1.82, 2.24) is 0 Å². The van der Waals surface area contributed by atoms with Crippen LogP contribution in [0.25, 0.3) is 0 Å². The van der Waals surface area contributed by atoms with E-state index >= 15 is 0 Å². The maximum atomic E-state index is 10.5. The quantitative estimate of drug-likeness (QED) is 0.217. The Hall–Kier alpha value is -0.745.